The fraction of sp³-hybridized carbons (Fsp3) is 0.464. The second-order valence-corrected chi connectivity index (χ2v) is 9.61. The van der Waals surface area contributed by atoms with Crippen LogP contribution in [-0.4, -0.2) is 49.1 Å². The molecule has 1 aliphatic carbocycles. The van der Waals surface area contributed by atoms with Crippen molar-refractivity contribution in [2.75, 3.05) is 0 Å². The Morgan fingerprint density at radius 2 is 1.77 bits per heavy atom. The van der Waals surface area contributed by atoms with E-state index in [4.69, 9.17) is 9.90 Å². The number of unbranched alkanes of at least 4 members (excludes halogenated alkanes) is 2. The third-order valence-corrected chi connectivity index (χ3v) is 6.67. The molecule has 4 rings (SSSR count). The van der Waals surface area contributed by atoms with E-state index in [1.807, 2.05) is 43.5 Å². The van der Waals surface area contributed by atoms with Crippen molar-refractivity contribution < 1.29 is 32.7 Å². The Hall–Kier alpha value is -3.96. The number of carboxylic acid groups (broad SMARTS) is 1. The maximum atomic E-state index is 13.2. The van der Waals surface area contributed by atoms with Crippen molar-refractivity contribution in [3.63, 3.8) is 0 Å². The number of aromatic amines is 2. The first-order valence-electron chi connectivity index (χ1n) is 13.4. The fourth-order valence-corrected chi connectivity index (χ4v) is 4.47. The third-order valence-electron chi connectivity index (χ3n) is 6.67. The van der Waals surface area contributed by atoms with E-state index in [9.17, 15) is 22.8 Å². The Labute approximate surface area is 230 Å². The number of imidazole rings is 1. The van der Waals surface area contributed by atoms with E-state index >= 15 is 0 Å². The van der Waals surface area contributed by atoms with Gasteiger partial charge in [0.05, 0.1) is 17.9 Å². The van der Waals surface area contributed by atoms with Gasteiger partial charge in [-0.1, -0.05) is 50.1 Å². The van der Waals surface area contributed by atoms with Crippen molar-refractivity contribution in [3.8, 4) is 11.3 Å². The molecule has 1 atom stereocenters. The number of hydrogen-bond donors (Lipinski definition) is 4. The number of nitrogens with one attached hydrogen (secondary N) is 3. The predicted molar refractivity (Wildman–Crippen MR) is 142 cm³/mol. The monoisotopic (exact) mass is 561 g/mol. The largest absolute Gasteiger partial charge is 0.490 e. The number of aliphatic carboxylic acids is 1. The number of aromatic nitrogens is 4. The molecule has 0 unspecified atom stereocenters. The molecule has 0 saturated heterocycles. The molecule has 0 spiro atoms. The number of carbonyl (C=O) groups excluding carboxylic acids is 2. The Kier molecular flexibility index (Phi) is 11.0. The molecule has 12 heteroatoms. The van der Waals surface area contributed by atoms with Gasteiger partial charge in [-0.05, 0) is 44.1 Å². The number of halogens is 3. The highest BCUT2D eigenvalue weighted by molar-refractivity contribution is 5.94. The Morgan fingerprint density at radius 1 is 1.07 bits per heavy atom. The van der Waals surface area contributed by atoms with Crippen LogP contribution in [0.3, 0.4) is 0 Å². The highest BCUT2D eigenvalue weighted by Gasteiger charge is 2.38. The number of fused-ring (bicyclic) bond motifs is 1. The summed E-state index contributed by atoms with van der Waals surface area (Å²) in [5.41, 5.74) is 4.64. The second kappa shape index (κ2) is 14.4. The number of amides is 1. The van der Waals surface area contributed by atoms with E-state index in [0.29, 0.717) is 24.3 Å². The van der Waals surface area contributed by atoms with Gasteiger partial charge in [-0.25, -0.2) is 9.78 Å². The van der Waals surface area contributed by atoms with Gasteiger partial charge in [0.2, 0.25) is 0 Å². The number of Topliss-reactive ketones (excluding diaryl/α,β-unsaturated/α-hetero) is 1. The standard InChI is InChI=1S/C26H33N5O2.C2HF3O2/c1-2-19(32)13-7-4-8-16-22(25-27-17-23(28-25)18-11-5-3-6-12-18)29-26(33)24-20-14-9-10-15-21(20)30-31-24;3-2(4,5)1(6)7/h3,5-6,11-12,17,22H,2,4,7-10,13-16H2,1H3,(H,27,28)(H,29,33)(H,30,31);(H,6,7)/t22-;/m0./s1. The molecule has 4 N–H and O–H groups in total. The molecule has 1 aromatic carbocycles. The van der Waals surface area contributed by atoms with Crippen LogP contribution in [-0.2, 0) is 22.4 Å². The van der Waals surface area contributed by atoms with Crippen molar-refractivity contribution in [2.24, 2.45) is 0 Å². The summed E-state index contributed by atoms with van der Waals surface area (Å²) < 4.78 is 31.7. The molecule has 216 valence electrons. The summed E-state index contributed by atoms with van der Waals surface area (Å²) in [6, 6.07) is 9.79. The number of benzene rings is 1. The summed E-state index contributed by atoms with van der Waals surface area (Å²) in [4.78, 5) is 41.7. The molecule has 0 fully saturated rings. The first-order chi connectivity index (χ1) is 19.1. The molecule has 0 bridgehead atoms. The Morgan fingerprint density at radius 3 is 2.45 bits per heavy atom. The highest BCUT2D eigenvalue weighted by atomic mass is 19.4. The lowest BCUT2D eigenvalue weighted by molar-refractivity contribution is -0.192. The second-order valence-electron chi connectivity index (χ2n) is 9.61. The summed E-state index contributed by atoms with van der Waals surface area (Å²) in [6.07, 6.45) is 5.52. The first kappa shape index (κ1) is 30.6. The molecule has 2 heterocycles. The number of carboxylic acids is 1. The van der Waals surface area contributed by atoms with Gasteiger partial charge < -0.3 is 15.4 Å². The molecule has 9 nitrogen and oxygen atoms in total. The minimum absolute atomic E-state index is 0.154. The van der Waals surface area contributed by atoms with Crippen molar-refractivity contribution in [1.29, 1.82) is 0 Å². The number of hydrogen-bond acceptors (Lipinski definition) is 5. The number of ketones is 1. The van der Waals surface area contributed by atoms with Crippen LogP contribution in [0, 0.1) is 0 Å². The van der Waals surface area contributed by atoms with Crippen LogP contribution >= 0.6 is 0 Å². The molecule has 40 heavy (non-hydrogen) atoms. The van der Waals surface area contributed by atoms with E-state index in [1.54, 1.807) is 0 Å². The van der Waals surface area contributed by atoms with Crippen LogP contribution < -0.4 is 5.32 Å². The van der Waals surface area contributed by atoms with Gasteiger partial charge in [0.25, 0.3) is 5.91 Å². The smallest absolute Gasteiger partial charge is 0.475 e. The Balaban J connectivity index is 0.000000559. The van der Waals surface area contributed by atoms with E-state index in [2.05, 4.69) is 25.5 Å². The molecular formula is C28H34F3N5O4. The molecule has 2 aromatic heterocycles. The van der Waals surface area contributed by atoms with E-state index in [-0.39, 0.29) is 11.9 Å². The highest BCUT2D eigenvalue weighted by Crippen LogP contribution is 2.25. The lowest BCUT2D eigenvalue weighted by atomic mass is 9.95. The van der Waals surface area contributed by atoms with Crippen LogP contribution in [0.25, 0.3) is 11.3 Å². The van der Waals surface area contributed by atoms with Crippen molar-refractivity contribution in [1.82, 2.24) is 25.5 Å². The number of alkyl halides is 3. The number of nitrogens with zero attached hydrogens (tertiary/aromatic N) is 2. The van der Waals surface area contributed by atoms with Crippen molar-refractivity contribution >= 4 is 17.7 Å². The maximum absolute atomic E-state index is 13.2. The lowest BCUT2D eigenvalue weighted by Crippen LogP contribution is -2.30. The van der Waals surface area contributed by atoms with Crippen molar-refractivity contribution in [3.05, 3.63) is 59.3 Å². The molecule has 0 aliphatic heterocycles. The van der Waals surface area contributed by atoms with Gasteiger partial charge >= 0.3 is 12.1 Å². The molecular weight excluding hydrogens is 527 g/mol. The van der Waals surface area contributed by atoms with Gasteiger partial charge in [-0.15, -0.1) is 0 Å². The average Bonchev–Trinajstić information content (AvgIpc) is 3.60. The summed E-state index contributed by atoms with van der Waals surface area (Å²) in [5, 5.41) is 17.7. The lowest BCUT2D eigenvalue weighted by Gasteiger charge is -2.17. The van der Waals surface area contributed by atoms with Gasteiger partial charge in [0.1, 0.15) is 11.6 Å². The minimum Gasteiger partial charge on any atom is -0.475 e. The third kappa shape index (κ3) is 8.78. The summed E-state index contributed by atoms with van der Waals surface area (Å²) in [6.45, 7) is 1.91. The number of H-pyrrole nitrogens is 2. The number of aryl methyl sites for hydroxylation is 1. The van der Waals surface area contributed by atoms with Crippen LogP contribution in [0.15, 0.2) is 36.5 Å². The molecule has 1 amide bonds. The fourth-order valence-electron chi connectivity index (χ4n) is 4.47. The minimum atomic E-state index is -5.08. The van der Waals surface area contributed by atoms with Crippen LogP contribution in [0.4, 0.5) is 13.2 Å². The number of rotatable bonds is 11. The van der Waals surface area contributed by atoms with Gasteiger partial charge in [-0.3, -0.25) is 14.7 Å². The predicted octanol–water partition coefficient (Wildman–Crippen LogP) is 5.71. The zero-order chi connectivity index (χ0) is 29.1. The molecule has 0 saturated carbocycles. The SMILES string of the molecule is CCC(=O)CCCCC[C@H](NC(=O)c1n[nH]c2c1CCCC2)c1ncc(-c2ccccc2)[nH]1.O=C(O)C(F)(F)F. The Bertz CT molecular complexity index is 1270. The zero-order valence-electron chi connectivity index (χ0n) is 22.3. The average molecular weight is 562 g/mol. The van der Waals surface area contributed by atoms with Crippen LogP contribution in [0.1, 0.15) is 91.9 Å². The summed E-state index contributed by atoms with van der Waals surface area (Å²) in [7, 11) is 0. The first-order valence-corrected chi connectivity index (χ1v) is 13.4. The molecule has 1 aliphatic rings. The van der Waals surface area contributed by atoms with Gasteiger partial charge in [0, 0.05) is 24.1 Å². The summed E-state index contributed by atoms with van der Waals surface area (Å²) in [5.74, 6) is -1.86. The maximum Gasteiger partial charge on any atom is 0.490 e. The molecule has 3 aromatic rings. The molecule has 0 radical (unpaired) electrons. The van der Waals surface area contributed by atoms with Gasteiger partial charge in [-0.2, -0.15) is 18.3 Å². The van der Waals surface area contributed by atoms with Crippen LogP contribution in [0.5, 0.6) is 0 Å². The topological polar surface area (TPSA) is 141 Å². The van der Waals surface area contributed by atoms with E-state index in [0.717, 1.165) is 79.7 Å². The normalized spacial score (nSPS) is 13.5. The zero-order valence-corrected chi connectivity index (χ0v) is 22.3. The van der Waals surface area contributed by atoms with Crippen molar-refractivity contribution in [2.45, 2.75) is 83.4 Å². The number of carbonyl (C=O) groups is 3. The van der Waals surface area contributed by atoms with E-state index in [1.165, 1.54) is 0 Å². The van der Waals surface area contributed by atoms with Gasteiger partial charge in [0.15, 0.2) is 5.69 Å². The summed E-state index contributed by atoms with van der Waals surface area (Å²) >= 11 is 0. The van der Waals surface area contributed by atoms with E-state index < -0.39 is 12.1 Å². The van der Waals surface area contributed by atoms with Crippen LogP contribution in [0.2, 0.25) is 0 Å². The quantitative estimate of drug-likeness (QED) is 0.221.